The molecule has 0 spiro atoms. The SMILES string of the molecule is CCN(CCC(=N)N)c1nc(C)cc(C)n1. The van der Waals surface area contributed by atoms with Gasteiger partial charge in [0.2, 0.25) is 5.95 Å². The van der Waals surface area contributed by atoms with Crippen LogP contribution in [0.1, 0.15) is 24.7 Å². The Labute approximate surface area is 96.2 Å². The molecule has 16 heavy (non-hydrogen) atoms. The zero-order valence-corrected chi connectivity index (χ0v) is 10.1. The number of rotatable bonds is 5. The highest BCUT2D eigenvalue weighted by Gasteiger charge is 2.08. The van der Waals surface area contributed by atoms with Crippen LogP contribution in [0.2, 0.25) is 0 Å². The van der Waals surface area contributed by atoms with Gasteiger partial charge in [0.15, 0.2) is 0 Å². The molecule has 1 rings (SSSR count). The number of amidine groups is 1. The summed E-state index contributed by atoms with van der Waals surface area (Å²) >= 11 is 0. The van der Waals surface area contributed by atoms with Crippen LogP contribution in [0.25, 0.3) is 0 Å². The fraction of sp³-hybridized carbons (Fsp3) is 0.545. The van der Waals surface area contributed by atoms with E-state index >= 15 is 0 Å². The van der Waals surface area contributed by atoms with Gasteiger partial charge in [0.1, 0.15) is 0 Å². The number of aryl methyl sites for hydroxylation is 2. The van der Waals surface area contributed by atoms with Gasteiger partial charge in [-0.15, -0.1) is 0 Å². The van der Waals surface area contributed by atoms with Crippen molar-refractivity contribution in [1.29, 1.82) is 5.41 Å². The topological polar surface area (TPSA) is 78.9 Å². The van der Waals surface area contributed by atoms with Crippen molar-refractivity contribution in [2.45, 2.75) is 27.2 Å². The molecule has 0 aromatic carbocycles. The fourth-order valence-electron chi connectivity index (χ4n) is 1.50. The van der Waals surface area contributed by atoms with E-state index in [1.165, 1.54) is 0 Å². The molecule has 0 unspecified atom stereocenters. The first kappa shape index (κ1) is 12.4. The standard InChI is InChI=1S/C11H19N5/c1-4-16(6-5-10(12)13)11-14-8(2)7-9(3)15-11/h7H,4-6H2,1-3H3,(H3,12,13). The summed E-state index contributed by atoms with van der Waals surface area (Å²) in [7, 11) is 0. The highest BCUT2D eigenvalue weighted by atomic mass is 15.2. The van der Waals surface area contributed by atoms with E-state index in [0.717, 1.165) is 23.9 Å². The molecule has 0 atom stereocenters. The smallest absolute Gasteiger partial charge is 0.225 e. The van der Waals surface area contributed by atoms with Gasteiger partial charge in [-0.05, 0) is 26.8 Å². The van der Waals surface area contributed by atoms with Crippen molar-refractivity contribution in [3.05, 3.63) is 17.5 Å². The van der Waals surface area contributed by atoms with Crippen LogP contribution in [0.4, 0.5) is 5.95 Å². The molecule has 1 aromatic heterocycles. The summed E-state index contributed by atoms with van der Waals surface area (Å²) in [6.45, 7) is 7.46. The molecule has 5 heteroatoms. The van der Waals surface area contributed by atoms with Crippen LogP contribution in [0.5, 0.6) is 0 Å². The van der Waals surface area contributed by atoms with E-state index in [1.54, 1.807) is 0 Å². The molecule has 88 valence electrons. The van der Waals surface area contributed by atoms with Crippen molar-refractivity contribution in [2.75, 3.05) is 18.0 Å². The first-order chi connectivity index (χ1) is 7.52. The largest absolute Gasteiger partial charge is 0.388 e. The molecule has 1 heterocycles. The van der Waals surface area contributed by atoms with Crippen molar-refractivity contribution in [3.8, 4) is 0 Å². The Morgan fingerprint density at radius 3 is 2.38 bits per heavy atom. The molecule has 0 amide bonds. The monoisotopic (exact) mass is 221 g/mol. The lowest BCUT2D eigenvalue weighted by Crippen LogP contribution is -2.29. The van der Waals surface area contributed by atoms with Crippen molar-refractivity contribution in [3.63, 3.8) is 0 Å². The minimum Gasteiger partial charge on any atom is -0.388 e. The number of aromatic nitrogens is 2. The maximum Gasteiger partial charge on any atom is 0.225 e. The molecule has 3 N–H and O–H groups in total. The molecule has 0 aliphatic rings. The summed E-state index contributed by atoms with van der Waals surface area (Å²) in [5, 5.41) is 7.22. The second-order valence-electron chi connectivity index (χ2n) is 3.81. The zero-order chi connectivity index (χ0) is 12.1. The maximum absolute atomic E-state index is 7.22. The quantitative estimate of drug-likeness (QED) is 0.579. The Kier molecular flexibility index (Phi) is 4.22. The molecule has 0 aliphatic carbocycles. The summed E-state index contributed by atoms with van der Waals surface area (Å²) in [5.74, 6) is 0.920. The average molecular weight is 221 g/mol. The molecule has 0 saturated carbocycles. The second-order valence-corrected chi connectivity index (χ2v) is 3.81. The van der Waals surface area contributed by atoms with E-state index < -0.39 is 0 Å². The van der Waals surface area contributed by atoms with E-state index in [2.05, 4.69) is 9.97 Å². The third-order valence-electron chi connectivity index (χ3n) is 2.29. The molecule has 0 radical (unpaired) electrons. The van der Waals surface area contributed by atoms with Gasteiger partial charge in [-0.25, -0.2) is 9.97 Å². The number of nitrogens with one attached hydrogen (secondary N) is 1. The molecule has 1 aromatic rings. The lowest BCUT2D eigenvalue weighted by molar-refractivity contribution is 0.786. The highest BCUT2D eigenvalue weighted by Crippen LogP contribution is 2.09. The summed E-state index contributed by atoms with van der Waals surface area (Å²) in [5.41, 5.74) is 7.27. The molecular weight excluding hydrogens is 202 g/mol. The van der Waals surface area contributed by atoms with Crippen molar-refractivity contribution >= 4 is 11.8 Å². The molecule has 0 bridgehead atoms. The van der Waals surface area contributed by atoms with E-state index in [1.807, 2.05) is 31.7 Å². The lowest BCUT2D eigenvalue weighted by Gasteiger charge is -2.20. The van der Waals surface area contributed by atoms with E-state index in [4.69, 9.17) is 11.1 Å². The van der Waals surface area contributed by atoms with Gasteiger partial charge < -0.3 is 10.6 Å². The first-order valence-electron chi connectivity index (χ1n) is 5.43. The van der Waals surface area contributed by atoms with Crippen molar-refractivity contribution < 1.29 is 0 Å². The molecule has 0 saturated heterocycles. The highest BCUT2D eigenvalue weighted by molar-refractivity contribution is 5.77. The molecule has 0 fully saturated rings. The van der Waals surface area contributed by atoms with Crippen LogP contribution >= 0.6 is 0 Å². The Balaban J connectivity index is 2.81. The normalized spacial score (nSPS) is 10.2. The first-order valence-corrected chi connectivity index (χ1v) is 5.43. The molecule has 5 nitrogen and oxygen atoms in total. The molecular formula is C11H19N5. The summed E-state index contributed by atoms with van der Waals surface area (Å²) in [4.78, 5) is 10.8. The van der Waals surface area contributed by atoms with Crippen LogP contribution in [0.15, 0.2) is 6.07 Å². The Hall–Kier alpha value is -1.65. The lowest BCUT2D eigenvalue weighted by atomic mass is 10.3. The third kappa shape index (κ3) is 3.49. The average Bonchev–Trinajstić information content (AvgIpc) is 2.16. The van der Waals surface area contributed by atoms with Crippen LogP contribution in [0.3, 0.4) is 0 Å². The number of hydrogen-bond acceptors (Lipinski definition) is 4. The minimum absolute atomic E-state index is 0.197. The van der Waals surface area contributed by atoms with Gasteiger partial charge in [0, 0.05) is 30.9 Å². The van der Waals surface area contributed by atoms with Gasteiger partial charge in [0.25, 0.3) is 0 Å². The van der Waals surface area contributed by atoms with Gasteiger partial charge in [-0.3, -0.25) is 5.41 Å². The number of anilines is 1. The minimum atomic E-state index is 0.197. The van der Waals surface area contributed by atoms with Gasteiger partial charge >= 0.3 is 0 Å². The van der Waals surface area contributed by atoms with Gasteiger partial charge in [-0.1, -0.05) is 0 Å². The number of nitrogens with zero attached hydrogens (tertiary/aromatic N) is 3. The predicted molar refractivity (Wildman–Crippen MR) is 65.9 cm³/mol. The zero-order valence-electron chi connectivity index (χ0n) is 10.1. The predicted octanol–water partition coefficient (Wildman–Crippen LogP) is 1.25. The maximum atomic E-state index is 7.22. The Morgan fingerprint density at radius 1 is 1.38 bits per heavy atom. The van der Waals surface area contributed by atoms with Gasteiger partial charge in [-0.2, -0.15) is 0 Å². The van der Waals surface area contributed by atoms with E-state index in [-0.39, 0.29) is 5.84 Å². The Morgan fingerprint density at radius 2 is 1.94 bits per heavy atom. The van der Waals surface area contributed by atoms with Crippen LogP contribution < -0.4 is 10.6 Å². The second kappa shape index (κ2) is 5.44. The fourth-order valence-corrected chi connectivity index (χ4v) is 1.50. The third-order valence-corrected chi connectivity index (χ3v) is 2.29. The number of nitrogens with two attached hydrogens (primary N) is 1. The molecule has 0 aliphatic heterocycles. The van der Waals surface area contributed by atoms with E-state index in [9.17, 15) is 0 Å². The Bertz CT molecular complexity index is 354. The number of hydrogen-bond donors (Lipinski definition) is 2. The summed E-state index contributed by atoms with van der Waals surface area (Å²) < 4.78 is 0. The van der Waals surface area contributed by atoms with Crippen LogP contribution in [0, 0.1) is 19.3 Å². The van der Waals surface area contributed by atoms with E-state index in [0.29, 0.717) is 13.0 Å². The van der Waals surface area contributed by atoms with Gasteiger partial charge in [0.05, 0.1) is 5.84 Å². The van der Waals surface area contributed by atoms with Crippen molar-refractivity contribution in [1.82, 2.24) is 9.97 Å². The summed E-state index contributed by atoms with van der Waals surface area (Å²) in [6.07, 6.45) is 0.546. The summed E-state index contributed by atoms with van der Waals surface area (Å²) in [6, 6.07) is 1.95. The van der Waals surface area contributed by atoms with Crippen molar-refractivity contribution in [2.24, 2.45) is 5.73 Å². The van der Waals surface area contributed by atoms with Crippen LogP contribution in [-0.4, -0.2) is 28.9 Å². The van der Waals surface area contributed by atoms with Crippen LogP contribution in [-0.2, 0) is 0 Å².